The van der Waals surface area contributed by atoms with Gasteiger partial charge in [0.1, 0.15) is 0 Å². The van der Waals surface area contributed by atoms with Crippen molar-refractivity contribution in [2.45, 2.75) is 30.7 Å². The van der Waals surface area contributed by atoms with Gasteiger partial charge >= 0.3 is 0 Å². The van der Waals surface area contributed by atoms with Crippen molar-refractivity contribution < 1.29 is 9.59 Å². The van der Waals surface area contributed by atoms with Crippen molar-refractivity contribution in [3.63, 3.8) is 0 Å². The summed E-state index contributed by atoms with van der Waals surface area (Å²) in [6, 6.07) is 7.40. The molecule has 1 aromatic carbocycles. The number of hydrogen-bond donors (Lipinski definition) is 3. The number of anilines is 1. The van der Waals surface area contributed by atoms with Crippen LogP contribution in [0.4, 0.5) is 5.69 Å². The molecule has 0 radical (unpaired) electrons. The van der Waals surface area contributed by atoms with Crippen LogP contribution < -0.4 is 16.4 Å². The molecule has 1 heterocycles. The molecule has 1 aliphatic carbocycles. The molecule has 1 aliphatic heterocycles. The molecule has 2 aliphatic rings. The fourth-order valence-corrected chi connectivity index (χ4v) is 2.60. The molecule has 4 N–H and O–H groups in total. The van der Waals surface area contributed by atoms with Gasteiger partial charge in [-0.25, -0.2) is 0 Å². The van der Waals surface area contributed by atoms with Crippen LogP contribution >= 0.6 is 0 Å². The molecule has 5 nitrogen and oxygen atoms in total. The molecule has 2 amide bonds. The monoisotopic (exact) mass is 259 g/mol. The molecular formula is C14H17N3O2. The first-order valence-corrected chi connectivity index (χ1v) is 6.54. The van der Waals surface area contributed by atoms with E-state index in [-0.39, 0.29) is 17.9 Å². The lowest BCUT2D eigenvalue weighted by molar-refractivity contribution is -0.124. The number of hydrogen-bond acceptors (Lipinski definition) is 3. The second-order valence-corrected chi connectivity index (χ2v) is 5.38. The second kappa shape index (κ2) is 4.26. The molecular weight excluding hydrogens is 242 g/mol. The topological polar surface area (TPSA) is 84.2 Å². The minimum atomic E-state index is -0.403. The highest BCUT2D eigenvalue weighted by molar-refractivity contribution is 5.92. The maximum absolute atomic E-state index is 12.4. The second-order valence-electron chi connectivity index (χ2n) is 5.38. The summed E-state index contributed by atoms with van der Waals surface area (Å²) in [6.07, 6.45) is 2.09. The highest BCUT2D eigenvalue weighted by Crippen LogP contribution is 2.48. The van der Waals surface area contributed by atoms with Gasteiger partial charge in [-0.05, 0) is 30.5 Å². The van der Waals surface area contributed by atoms with Crippen molar-refractivity contribution in [2.75, 3.05) is 12.3 Å². The van der Waals surface area contributed by atoms with Crippen molar-refractivity contribution >= 4 is 17.5 Å². The van der Waals surface area contributed by atoms with Gasteiger partial charge in [0.15, 0.2) is 0 Å². The Balaban J connectivity index is 1.72. The largest absolute Gasteiger partial charge is 0.399 e. The summed E-state index contributed by atoms with van der Waals surface area (Å²) in [5, 5.41) is 5.70. The van der Waals surface area contributed by atoms with Crippen LogP contribution in [0.1, 0.15) is 24.8 Å². The average Bonchev–Trinajstić information content (AvgIpc) is 3.10. The van der Waals surface area contributed by atoms with Crippen molar-refractivity contribution in [1.29, 1.82) is 0 Å². The van der Waals surface area contributed by atoms with E-state index in [2.05, 4.69) is 10.6 Å². The molecule has 5 heteroatoms. The highest BCUT2D eigenvalue weighted by Gasteiger charge is 2.51. The van der Waals surface area contributed by atoms with Crippen LogP contribution in [0.5, 0.6) is 0 Å². The van der Waals surface area contributed by atoms with E-state index in [9.17, 15) is 9.59 Å². The summed E-state index contributed by atoms with van der Waals surface area (Å²) in [6.45, 7) is 0.530. The van der Waals surface area contributed by atoms with Gasteiger partial charge in [-0.3, -0.25) is 9.59 Å². The average molecular weight is 259 g/mol. The van der Waals surface area contributed by atoms with Crippen molar-refractivity contribution in [2.24, 2.45) is 0 Å². The van der Waals surface area contributed by atoms with Gasteiger partial charge in [0.05, 0.1) is 11.5 Å². The summed E-state index contributed by atoms with van der Waals surface area (Å²) in [7, 11) is 0. The van der Waals surface area contributed by atoms with Gasteiger partial charge in [-0.15, -0.1) is 0 Å². The van der Waals surface area contributed by atoms with Gasteiger partial charge < -0.3 is 16.4 Å². The Morgan fingerprint density at radius 1 is 1.32 bits per heavy atom. The molecule has 2 fully saturated rings. The Kier molecular flexibility index (Phi) is 2.69. The van der Waals surface area contributed by atoms with Gasteiger partial charge in [-0.1, -0.05) is 12.1 Å². The first-order chi connectivity index (χ1) is 9.10. The number of nitrogens with one attached hydrogen (secondary N) is 2. The smallest absolute Gasteiger partial charge is 0.230 e. The maximum atomic E-state index is 12.4. The SMILES string of the molecule is Nc1ccc(C2(C(=O)NC3CNC(=O)C3)CC2)cc1. The number of carbonyl (C=O) groups is 2. The molecule has 1 aromatic rings. The summed E-state index contributed by atoms with van der Waals surface area (Å²) in [5.41, 5.74) is 6.97. The predicted molar refractivity (Wildman–Crippen MR) is 71.3 cm³/mol. The first kappa shape index (κ1) is 12.0. The van der Waals surface area contributed by atoms with Crippen molar-refractivity contribution in [3.8, 4) is 0 Å². The summed E-state index contributed by atoms with van der Waals surface area (Å²) < 4.78 is 0. The Hall–Kier alpha value is -2.04. The van der Waals surface area contributed by atoms with E-state index in [1.54, 1.807) is 0 Å². The third kappa shape index (κ3) is 2.16. The van der Waals surface area contributed by atoms with Gasteiger partial charge in [0, 0.05) is 18.7 Å². The molecule has 19 heavy (non-hydrogen) atoms. The Bertz CT molecular complexity index is 520. The van der Waals surface area contributed by atoms with Crippen LogP contribution in [0.15, 0.2) is 24.3 Å². The summed E-state index contributed by atoms with van der Waals surface area (Å²) in [4.78, 5) is 23.5. The third-order valence-electron chi connectivity index (χ3n) is 3.96. The zero-order chi connectivity index (χ0) is 13.5. The van der Waals surface area contributed by atoms with Gasteiger partial charge in [0.25, 0.3) is 0 Å². The summed E-state index contributed by atoms with van der Waals surface area (Å²) in [5.74, 6) is 0.0291. The normalized spacial score (nSPS) is 23.8. The lowest BCUT2D eigenvalue weighted by Crippen LogP contribution is -2.42. The van der Waals surface area contributed by atoms with Crippen LogP contribution in [-0.4, -0.2) is 24.4 Å². The molecule has 0 spiro atoms. The van der Waals surface area contributed by atoms with E-state index in [1.165, 1.54) is 0 Å². The van der Waals surface area contributed by atoms with Crippen molar-refractivity contribution in [1.82, 2.24) is 10.6 Å². The first-order valence-electron chi connectivity index (χ1n) is 6.54. The molecule has 1 saturated carbocycles. The zero-order valence-corrected chi connectivity index (χ0v) is 10.6. The standard InChI is InChI=1S/C14H17N3O2/c15-10-3-1-9(2-4-10)14(5-6-14)13(19)17-11-7-12(18)16-8-11/h1-4,11H,5-8,15H2,(H,16,18)(H,17,19). The number of nitrogen functional groups attached to an aromatic ring is 1. The van der Waals surface area contributed by atoms with Gasteiger partial charge in [-0.2, -0.15) is 0 Å². The van der Waals surface area contributed by atoms with Crippen LogP contribution in [0.3, 0.4) is 0 Å². The highest BCUT2D eigenvalue weighted by atomic mass is 16.2. The van der Waals surface area contributed by atoms with E-state index < -0.39 is 5.41 Å². The number of rotatable bonds is 3. The number of amides is 2. The van der Waals surface area contributed by atoms with E-state index in [1.807, 2.05) is 24.3 Å². The number of benzene rings is 1. The predicted octanol–water partition coefficient (Wildman–Crippen LogP) is 0.305. The van der Waals surface area contributed by atoms with E-state index in [4.69, 9.17) is 5.73 Å². The quantitative estimate of drug-likeness (QED) is 0.683. The lowest BCUT2D eigenvalue weighted by atomic mass is 9.94. The molecule has 0 bridgehead atoms. The molecule has 3 rings (SSSR count). The Morgan fingerprint density at radius 2 is 2.00 bits per heavy atom. The van der Waals surface area contributed by atoms with E-state index in [0.29, 0.717) is 18.7 Å². The van der Waals surface area contributed by atoms with E-state index >= 15 is 0 Å². The minimum Gasteiger partial charge on any atom is -0.399 e. The molecule has 0 aromatic heterocycles. The Labute approximate surface area is 111 Å². The fourth-order valence-electron chi connectivity index (χ4n) is 2.60. The molecule has 1 atom stereocenters. The zero-order valence-electron chi connectivity index (χ0n) is 10.6. The molecule has 1 unspecified atom stereocenters. The summed E-state index contributed by atoms with van der Waals surface area (Å²) >= 11 is 0. The lowest BCUT2D eigenvalue weighted by Gasteiger charge is -2.18. The fraction of sp³-hybridized carbons (Fsp3) is 0.429. The van der Waals surface area contributed by atoms with Crippen LogP contribution in [0.25, 0.3) is 0 Å². The Morgan fingerprint density at radius 3 is 2.53 bits per heavy atom. The van der Waals surface area contributed by atoms with Crippen molar-refractivity contribution in [3.05, 3.63) is 29.8 Å². The molecule has 1 saturated heterocycles. The minimum absolute atomic E-state index is 0.00244. The van der Waals surface area contributed by atoms with Crippen LogP contribution in [0, 0.1) is 0 Å². The maximum Gasteiger partial charge on any atom is 0.230 e. The number of carbonyl (C=O) groups excluding carboxylic acids is 2. The van der Waals surface area contributed by atoms with Crippen LogP contribution in [0.2, 0.25) is 0 Å². The van der Waals surface area contributed by atoms with Gasteiger partial charge in [0.2, 0.25) is 11.8 Å². The number of nitrogens with two attached hydrogens (primary N) is 1. The third-order valence-corrected chi connectivity index (χ3v) is 3.96. The molecule has 100 valence electrons. The van der Waals surface area contributed by atoms with E-state index in [0.717, 1.165) is 18.4 Å². The van der Waals surface area contributed by atoms with Crippen LogP contribution in [-0.2, 0) is 15.0 Å².